The second-order valence-corrected chi connectivity index (χ2v) is 4.96. The van der Waals surface area contributed by atoms with Crippen molar-refractivity contribution in [3.8, 4) is 5.69 Å². The molecule has 0 aliphatic carbocycles. The SMILES string of the molecule is Cl.Nc1ccc(F)c(-n2nnnc2C(N)CCCCOB(O)O)c1. The lowest BCUT2D eigenvalue weighted by molar-refractivity contribution is 0.181. The monoisotopic (exact) mass is 360 g/mol. The van der Waals surface area contributed by atoms with Crippen molar-refractivity contribution in [2.45, 2.75) is 25.3 Å². The minimum Gasteiger partial charge on any atom is -0.402 e. The zero-order valence-electron chi connectivity index (χ0n) is 12.7. The van der Waals surface area contributed by atoms with Crippen LogP contribution in [0.3, 0.4) is 0 Å². The third-order valence-corrected chi connectivity index (χ3v) is 3.20. The summed E-state index contributed by atoms with van der Waals surface area (Å²) >= 11 is 0. The number of tetrazole rings is 1. The van der Waals surface area contributed by atoms with E-state index in [0.29, 0.717) is 30.8 Å². The Labute approximate surface area is 144 Å². The van der Waals surface area contributed by atoms with Gasteiger partial charge in [-0.3, -0.25) is 0 Å². The highest BCUT2D eigenvalue weighted by atomic mass is 35.5. The van der Waals surface area contributed by atoms with E-state index in [1.165, 1.54) is 22.9 Å². The molecule has 0 amide bonds. The Hall–Kier alpha value is -1.79. The third-order valence-electron chi connectivity index (χ3n) is 3.20. The molecule has 12 heteroatoms. The molecule has 0 aliphatic rings. The summed E-state index contributed by atoms with van der Waals surface area (Å²) in [7, 11) is -1.78. The van der Waals surface area contributed by atoms with Gasteiger partial charge in [0.25, 0.3) is 0 Å². The summed E-state index contributed by atoms with van der Waals surface area (Å²) in [5.41, 5.74) is 12.2. The Morgan fingerprint density at radius 1 is 1.33 bits per heavy atom. The van der Waals surface area contributed by atoms with Gasteiger partial charge in [0.2, 0.25) is 0 Å². The molecule has 1 atom stereocenters. The quantitative estimate of drug-likeness (QED) is 0.291. The van der Waals surface area contributed by atoms with Crippen molar-refractivity contribution in [3.63, 3.8) is 0 Å². The molecule has 0 saturated heterocycles. The smallest absolute Gasteiger partial charge is 0.402 e. The number of nitrogens with zero attached hydrogens (tertiary/aromatic N) is 4. The highest BCUT2D eigenvalue weighted by Crippen LogP contribution is 2.21. The highest BCUT2D eigenvalue weighted by molar-refractivity contribution is 6.32. The van der Waals surface area contributed by atoms with E-state index in [1.807, 2.05) is 0 Å². The van der Waals surface area contributed by atoms with Crippen LogP contribution in [0.25, 0.3) is 5.69 Å². The zero-order chi connectivity index (χ0) is 16.8. The fraction of sp³-hybridized carbons (Fsp3) is 0.417. The van der Waals surface area contributed by atoms with E-state index in [2.05, 4.69) is 20.2 Å². The van der Waals surface area contributed by atoms with Crippen molar-refractivity contribution in [1.29, 1.82) is 0 Å². The fourth-order valence-corrected chi connectivity index (χ4v) is 2.07. The van der Waals surface area contributed by atoms with Gasteiger partial charge in [0.05, 0.1) is 6.04 Å². The van der Waals surface area contributed by atoms with Crippen LogP contribution in [0.2, 0.25) is 0 Å². The van der Waals surface area contributed by atoms with Crippen molar-refractivity contribution in [2.24, 2.45) is 5.73 Å². The second-order valence-electron chi connectivity index (χ2n) is 4.96. The van der Waals surface area contributed by atoms with Gasteiger partial charge in [-0.1, -0.05) is 0 Å². The lowest BCUT2D eigenvalue weighted by atomic mass is 10.1. The molecule has 6 N–H and O–H groups in total. The number of aromatic nitrogens is 4. The van der Waals surface area contributed by atoms with Crippen LogP contribution in [0, 0.1) is 5.82 Å². The van der Waals surface area contributed by atoms with Gasteiger partial charge in [-0.05, 0) is 47.9 Å². The van der Waals surface area contributed by atoms with Gasteiger partial charge < -0.3 is 26.2 Å². The molecule has 0 fully saturated rings. The molecule has 0 spiro atoms. The molecule has 1 unspecified atom stereocenters. The number of anilines is 1. The van der Waals surface area contributed by atoms with Crippen LogP contribution in [0.4, 0.5) is 10.1 Å². The molecular weight excluding hydrogens is 341 g/mol. The summed E-state index contributed by atoms with van der Waals surface area (Å²) < 4.78 is 19.8. The summed E-state index contributed by atoms with van der Waals surface area (Å²) in [4.78, 5) is 0. The minimum atomic E-state index is -1.78. The molecular formula is C12H19BClFN6O3. The van der Waals surface area contributed by atoms with Crippen LogP contribution in [-0.2, 0) is 4.65 Å². The summed E-state index contributed by atoms with van der Waals surface area (Å²) in [6.45, 7) is 0.194. The number of hydrogen-bond donors (Lipinski definition) is 4. The van der Waals surface area contributed by atoms with Gasteiger partial charge in [-0.25, -0.2) is 4.39 Å². The molecule has 1 aromatic carbocycles. The molecule has 0 aliphatic heterocycles. The first-order valence-corrected chi connectivity index (χ1v) is 7.06. The van der Waals surface area contributed by atoms with Gasteiger partial charge in [-0.2, -0.15) is 4.68 Å². The van der Waals surface area contributed by atoms with Gasteiger partial charge in [0.15, 0.2) is 5.82 Å². The number of hydrogen-bond acceptors (Lipinski definition) is 8. The summed E-state index contributed by atoms with van der Waals surface area (Å²) in [6.07, 6.45) is 1.76. The second kappa shape index (κ2) is 9.50. The van der Waals surface area contributed by atoms with Gasteiger partial charge in [0.1, 0.15) is 11.5 Å². The number of nitrogens with two attached hydrogens (primary N) is 2. The number of unbranched alkanes of at least 4 members (excludes halogenated alkanes) is 1. The molecule has 1 aromatic heterocycles. The van der Waals surface area contributed by atoms with Gasteiger partial charge in [-0.15, -0.1) is 17.5 Å². The first kappa shape index (κ1) is 20.3. The molecule has 9 nitrogen and oxygen atoms in total. The summed E-state index contributed by atoms with van der Waals surface area (Å²) in [5.74, 6) is -0.192. The Morgan fingerprint density at radius 2 is 2.08 bits per heavy atom. The maximum atomic E-state index is 13.9. The zero-order valence-corrected chi connectivity index (χ0v) is 13.6. The molecule has 132 valence electrons. The average Bonchev–Trinajstić information content (AvgIpc) is 2.98. The molecule has 1 heterocycles. The molecule has 0 bridgehead atoms. The van der Waals surface area contributed by atoms with Crippen LogP contribution in [0.5, 0.6) is 0 Å². The topological polar surface area (TPSA) is 145 Å². The van der Waals surface area contributed by atoms with E-state index >= 15 is 0 Å². The van der Waals surface area contributed by atoms with Crippen molar-refractivity contribution < 1.29 is 19.1 Å². The van der Waals surface area contributed by atoms with E-state index in [4.69, 9.17) is 21.5 Å². The van der Waals surface area contributed by atoms with E-state index in [-0.39, 0.29) is 24.7 Å². The van der Waals surface area contributed by atoms with Gasteiger partial charge in [0, 0.05) is 12.3 Å². The Bertz CT molecular complexity index is 647. The number of halogens is 2. The average molecular weight is 361 g/mol. The number of benzene rings is 1. The van der Waals surface area contributed by atoms with Crippen LogP contribution < -0.4 is 11.5 Å². The van der Waals surface area contributed by atoms with Crippen LogP contribution >= 0.6 is 12.4 Å². The highest BCUT2D eigenvalue weighted by Gasteiger charge is 2.18. The predicted molar refractivity (Wildman–Crippen MR) is 87.7 cm³/mol. The summed E-state index contributed by atoms with van der Waals surface area (Å²) in [5, 5.41) is 28.3. The lowest BCUT2D eigenvalue weighted by Gasteiger charge is -2.12. The van der Waals surface area contributed by atoms with Crippen LogP contribution in [0.15, 0.2) is 18.2 Å². The largest absolute Gasteiger partial charge is 0.633 e. The predicted octanol–water partition coefficient (Wildman–Crippen LogP) is -0.0384. The lowest BCUT2D eigenvalue weighted by Crippen LogP contribution is -2.19. The standard InChI is InChI=1S/C12H18BFN6O3.ClH/c14-9-5-4-8(15)7-11(9)20-12(17-18-19-20)10(16)3-1-2-6-23-13(21)22;/h4-5,7,10,21-22H,1-3,6,15-16H2;1H. The number of rotatable bonds is 8. The van der Waals surface area contributed by atoms with E-state index in [9.17, 15) is 4.39 Å². The summed E-state index contributed by atoms with van der Waals surface area (Å²) in [6, 6.07) is 3.60. The normalized spacial score (nSPS) is 11.8. The Morgan fingerprint density at radius 3 is 2.79 bits per heavy atom. The first-order valence-electron chi connectivity index (χ1n) is 7.06. The molecule has 24 heavy (non-hydrogen) atoms. The fourth-order valence-electron chi connectivity index (χ4n) is 2.07. The van der Waals surface area contributed by atoms with E-state index in [1.54, 1.807) is 0 Å². The maximum Gasteiger partial charge on any atom is 0.633 e. The molecule has 0 radical (unpaired) electrons. The van der Waals surface area contributed by atoms with Crippen LogP contribution in [0.1, 0.15) is 31.1 Å². The van der Waals surface area contributed by atoms with Crippen molar-refractivity contribution in [3.05, 3.63) is 29.8 Å². The first-order chi connectivity index (χ1) is 11.0. The minimum absolute atomic E-state index is 0. The Kier molecular flexibility index (Phi) is 8.02. The van der Waals surface area contributed by atoms with E-state index < -0.39 is 19.2 Å². The Balaban J connectivity index is 0.00000288. The number of nitrogen functional groups attached to an aromatic ring is 1. The van der Waals surface area contributed by atoms with Crippen LogP contribution in [-0.4, -0.2) is 44.2 Å². The van der Waals surface area contributed by atoms with E-state index in [0.717, 1.165) is 0 Å². The van der Waals surface area contributed by atoms with Crippen molar-refractivity contribution >= 4 is 25.4 Å². The van der Waals surface area contributed by atoms with Crippen molar-refractivity contribution in [1.82, 2.24) is 20.2 Å². The molecule has 0 saturated carbocycles. The third kappa shape index (κ3) is 5.39. The molecule has 2 rings (SSSR count). The van der Waals surface area contributed by atoms with Crippen molar-refractivity contribution in [2.75, 3.05) is 12.3 Å². The van der Waals surface area contributed by atoms with Gasteiger partial charge >= 0.3 is 7.32 Å². The molecule has 2 aromatic rings. The maximum absolute atomic E-state index is 13.9.